The lowest BCUT2D eigenvalue weighted by molar-refractivity contribution is 0.0990. The van der Waals surface area contributed by atoms with E-state index in [1.165, 1.54) is 11.3 Å². The van der Waals surface area contributed by atoms with Gasteiger partial charge in [0, 0.05) is 6.07 Å². The SMILES string of the molecule is Cc1cc(C(=O)N(c2nc3ccccc3s2)c2ccccc2C)no1. The standard InChI is InChI=1S/C19H15N3O2S/c1-12-7-3-5-9-16(12)22(18(23)15-11-13(2)24-21-15)19-20-14-8-4-6-10-17(14)25-19/h3-11H,1-2H3. The molecular weight excluding hydrogens is 334 g/mol. The second-order valence-electron chi connectivity index (χ2n) is 5.71. The third-order valence-electron chi connectivity index (χ3n) is 3.88. The van der Waals surface area contributed by atoms with Crippen LogP contribution in [0.3, 0.4) is 0 Å². The molecule has 4 aromatic rings. The summed E-state index contributed by atoms with van der Waals surface area (Å²) in [5, 5.41) is 4.49. The van der Waals surface area contributed by atoms with Crippen LogP contribution in [0, 0.1) is 13.8 Å². The second-order valence-corrected chi connectivity index (χ2v) is 6.72. The Balaban J connectivity index is 1.89. The number of anilines is 2. The molecule has 2 aromatic carbocycles. The highest BCUT2D eigenvalue weighted by atomic mass is 32.1. The van der Waals surface area contributed by atoms with E-state index in [2.05, 4.69) is 10.1 Å². The van der Waals surface area contributed by atoms with Gasteiger partial charge in [-0.05, 0) is 37.6 Å². The minimum absolute atomic E-state index is 0.259. The molecule has 0 fully saturated rings. The number of benzene rings is 2. The highest BCUT2D eigenvalue weighted by Gasteiger charge is 2.26. The van der Waals surface area contributed by atoms with Crippen molar-refractivity contribution in [1.29, 1.82) is 0 Å². The molecule has 0 saturated carbocycles. The summed E-state index contributed by atoms with van der Waals surface area (Å²) in [6.07, 6.45) is 0. The Morgan fingerprint density at radius 1 is 1.08 bits per heavy atom. The average molecular weight is 349 g/mol. The number of carbonyl (C=O) groups is 1. The Labute approximate surface area is 148 Å². The number of amides is 1. The molecule has 25 heavy (non-hydrogen) atoms. The maximum absolute atomic E-state index is 13.2. The van der Waals surface area contributed by atoms with Gasteiger partial charge >= 0.3 is 0 Å². The van der Waals surface area contributed by atoms with E-state index in [1.807, 2.05) is 55.5 Å². The first-order valence-electron chi connectivity index (χ1n) is 7.82. The lowest BCUT2D eigenvalue weighted by Gasteiger charge is -2.20. The smallest absolute Gasteiger partial charge is 0.286 e. The van der Waals surface area contributed by atoms with Gasteiger partial charge in [-0.2, -0.15) is 0 Å². The molecule has 0 aliphatic heterocycles. The monoisotopic (exact) mass is 349 g/mol. The zero-order valence-electron chi connectivity index (χ0n) is 13.8. The van der Waals surface area contributed by atoms with E-state index in [9.17, 15) is 4.79 Å². The van der Waals surface area contributed by atoms with Crippen LogP contribution in [0.4, 0.5) is 10.8 Å². The molecular formula is C19H15N3O2S. The van der Waals surface area contributed by atoms with Gasteiger partial charge in [0.05, 0.1) is 15.9 Å². The van der Waals surface area contributed by atoms with Gasteiger partial charge in [-0.25, -0.2) is 4.98 Å². The van der Waals surface area contributed by atoms with Crippen molar-refractivity contribution in [3.05, 3.63) is 71.6 Å². The van der Waals surface area contributed by atoms with Crippen molar-refractivity contribution >= 4 is 38.3 Å². The van der Waals surface area contributed by atoms with Gasteiger partial charge in [0.1, 0.15) is 5.76 Å². The topological polar surface area (TPSA) is 59.2 Å². The molecule has 0 N–H and O–H groups in total. The van der Waals surface area contributed by atoms with Gasteiger partial charge in [0.25, 0.3) is 5.91 Å². The third kappa shape index (κ3) is 2.81. The molecule has 6 heteroatoms. The number of nitrogens with zero attached hydrogens (tertiary/aromatic N) is 3. The summed E-state index contributed by atoms with van der Waals surface area (Å²) in [6, 6.07) is 17.2. The molecule has 4 rings (SSSR count). The van der Waals surface area contributed by atoms with Crippen LogP contribution in [0.1, 0.15) is 21.8 Å². The number of carbonyl (C=O) groups excluding carboxylic acids is 1. The van der Waals surface area contributed by atoms with Gasteiger partial charge in [-0.3, -0.25) is 9.69 Å². The van der Waals surface area contributed by atoms with E-state index >= 15 is 0 Å². The summed E-state index contributed by atoms with van der Waals surface area (Å²) in [5.74, 6) is 0.336. The van der Waals surface area contributed by atoms with Crippen molar-refractivity contribution in [2.45, 2.75) is 13.8 Å². The van der Waals surface area contributed by atoms with Crippen LogP contribution in [-0.2, 0) is 0 Å². The number of thiazole rings is 1. The number of aryl methyl sites for hydroxylation is 2. The number of hydrogen-bond donors (Lipinski definition) is 0. The average Bonchev–Trinajstić information content (AvgIpc) is 3.22. The van der Waals surface area contributed by atoms with E-state index in [-0.39, 0.29) is 11.6 Å². The number of fused-ring (bicyclic) bond motifs is 1. The first kappa shape index (κ1) is 15.5. The molecule has 0 aliphatic rings. The molecule has 0 saturated heterocycles. The fourth-order valence-electron chi connectivity index (χ4n) is 2.65. The van der Waals surface area contributed by atoms with E-state index in [4.69, 9.17) is 4.52 Å². The molecule has 2 heterocycles. The maximum Gasteiger partial charge on any atom is 0.286 e. The Hall–Kier alpha value is -2.99. The molecule has 0 radical (unpaired) electrons. The van der Waals surface area contributed by atoms with E-state index < -0.39 is 0 Å². The Morgan fingerprint density at radius 2 is 1.84 bits per heavy atom. The fourth-order valence-corrected chi connectivity index (χ4v) is 3.63. The van der Waals surface area contributed by atoms with Crippen molar-refractivity contribution in [2.75, 3.05) is 4.90 Å². The third-order valence-corrected chi connectivity index (χ3v) is 4.90. The van der Waals surface area contributed by atoms with Crippen LogP contribution >= 0.6 is 11.3 Å². The van der Waals surface area contributed by atoms with E-state index in [0.717, 1.165) is 21.5 Å². The van der Waals surface area contributed by atoms with Crippen molar-refractivity contribution in [3.8, 4) is 0 Å². The van der Waals surface area contributed by atoms with Crippen molar-refractivity contribution in [3.63, 3.8) is 0 Å². The fraction of sp³-hybridized carbons (Fsp3) is 0.105. The van der Waals surface area contributed by atoms with Crippen LogP contribution in [0.25, 0.3) is 10.2 Å². The summed E-state index contributed by atoms with van der Waals surface area (Å²) in [5.41, 5.74) is 2.90. The predicted octanol–water partition coefficient (Wildman–Crippen LogP) is 4.88. The van der Waals surface area contributed by atoms with Crippen LogP contribution in [0.5, 0.6) is 0 Å². The Kier molecular flexibility index (Phi) is 3.82. The summed E-state index contributed by atoms with van der Waals surface area (Å²) in [4.78, 5) is 19.4. The van der Waals surface area contributed by atoms with Crippen LogP contribution in [-0.4, -0.2) is 16.0 Å². The highest BCUT2D eigenvalue weighted by molar-refractivity contribution is 7.22. The second kappa shape index (κ2) is 6.14. The minimum Gasteiger partial charge on any atom is -0.361 e. The number of para-hydroxylation sites is 2. The maximum atomic E-state index is 13.2. The Bertz CT molecular complexity index is 1030. The molecule has 0 bridgehead atoms. The molecule has 2 aromatic heterocycles. The van der Waals surface area contributed by atoms with E-state index in [0.29, 0.717) is 10.9 Å². The lowest BCUT2D eigenvalue weighted by Crippen LogP contribution is -2.26. The summed E-state index contributed by atoms with van der Waals surface area (Å²) in [6.45, 7) is 3.73. The molecule has 0 spiro atoms. The van der Waals surface area contributed by atoms with Gasteiger partial charge in [-0.15, -0.1) is 0 Å². The number of hydrogen-bond acceptors (Lipinski definition) is 5. The zero-order chi connectivity index (χ0) is 17.4. The van der Waals surface area contributed by atoms with Crippen molar-refractivity contribution in [1.82, 2.24) is 10.1 Å². The minimum atomic E-state index is -0.259. The first-order chi connectivity index (χ1) is 12.1. The molecule has 1 amide bonds. The largest absolute Gasteiger partial charge is 0.361 e. The van der Waals surface area contributed by atoms with Gasteiger partial charge in [0.15, 0.2) is 10.8 Å². The molecule has 5 nitrogen and oxygen atoms in total. The van der Waals surface area contributed by atoms with Gasteiger partial charge < -0.3 is 4.52 Å². The molecule has 0 atom stereocenters. The zero-order valence-corrected chi connectivity index (χ0v) is 14.6. The first-order valence-corrected chi connectivity index (χ1v) is 8.64. The van der Waals surface area contributed by atoms with Crippen LogP contribution < -0.4 is 4.90 Å². The summed E-state index contributed by atoms with van der Waals surface area (Å²) >= 11 is 1.47. The molecule has 124 valence electrons. The summed E-state index contributed by atoms with van der Waals surface area (Å²) < 4.78 is 6.11. The van der Waals surface area contributed by atoms with Gasteiger partial charge in [0.2, 0.25) is 0 Å². The number of rotatable bonds is 3. The lowest BCUT2D eigenvalue weighted by atomic mass is 10.2. The van der Waals surface area contributed by atoms with Gasteiger partial charge in [-0.1, -0.05) is 46.8 Å². The quantitative estimate of drug-likeness (QED) is 0.529. The van der Waals surface area contributed by atoms with Crippen LogP contribution in [0.15, 0.2) is 59.1 Å². The summed E-state index contributed by atoms with van der Waals surface area (Å²) in [7, 11) is 0. The number of aromatic nitrogens is 2. The van der Waals surface area contributed by atoms with Crippen molar-refractivity contribution in [2.24, 2.45) is 0 Å². The van der Waals surface area contributed by atoms with Crippen LogP contribution in [0.2, 0.25) is 0 Å². The molecule has 0 aliphatic carbocycles. The van der Waals surface area contributed by atoms with E-state index in [1.54, 1.807) is 17.9 Å². The Morgan fingerprint density at radius 3 is 2.56 bits per heavy atom. The molecule has 0 unspecified atom stereocenters. The highest BCUT2D eigenvalue weighted by Crippen LogP contribution is 2.35. The van der Waals surface area contributed by atoms with Crippen molar-refractivity contribution < 1.29 is 9.32 Å². The normalized spacial score (nSPS) is 11.0. The predicted molar refractivity (Wildman–Crippen MR) is 98.5 cm³/mol.